The summed E-state index contributed by atoms with van der Waals surface area (Å²) < 4.78 is 0. The normalized spacial score (nSPS) is 10.1. The number of carbonyl (C=O) groups excluding carboxylic acids is 1. The molecule has 0 bridgehead atoms. The first-order valence-electron chi connectivity index (χ1n) is 5.50. The van der Waals surface area contributed by atoms with Crippen LogP contribution in [0.15, 0.2) is 24.3 Å². The van der Waals surface area contributed by atoms with E-state index in [0.717, 1.165) is 5.56 Å². The molecule has 8 heteroatoms. The lowest BCUT2D eigenvalue weighted by Gasteiger charge is -2.03. The van der Waals surface area contributed by atoms with Gasteiger partial charge >= 0.3 is 5.97 Å². The molecule has 98 valence electrons. The molecule has 0 aliphatic rings. The number of benzene rings is 1. The zero-order chi connectivity index (χ0) is 13.7. The number of hydrogen-bond acceptors (Lipinski definition) is 5. The van der Waals surface area contributed by atoms with E-state index in [2.05, 4.69) is 25.9 Å². The molecule has 2 rings (SSSR count). The van der Waals surface area contributed by atoms with Crippen LogP contribution in [0.25, 0.3) is 0 Å². The van der Waals surface area contributed by atoms with Crippen molar-refractivity contribution in [3.63, 3.8) is 0 Å². The maximum Gasteiger partial charge on any atom is 0.335 e. The minimum Gasteiger partial charge on any atom is -0.478 e. The molecule has 0 saturated carbocycles. The van der Waals surface area contributed by atoms with Crippen molar-refractivity contribution in [2.75, 3.05) is 6.54 Å². The average molecular weight is 261 g/mol. The Kier molecular flexibility index (Phi) is 3.81. The van der Waals surface area contributed by atoms with E-state index in [1.54, 1.807) is 12.1 Å². The van der Waals surface area contributed by atoms with Gasteiger partial charge in [-0.05, 0) is 29.3 Å². The molecule has 0 unspecified atom stereocenters. The van der Waals surface area contributed by atoms with Crippen molar-refractivity contribution in [3.05, 3.63) is 41.2 Å². The molecular formula is C11H11N5O3. The second kappa shape index (κ2) is 5.71. The van der Waals surface area contributed by atoms with Crippen molar-refractivity contribution in [1.29, 1.82) is 0 Å². The van der Waals surface area contributed by atoms with Gasteiger partial charge in [0.25, 0.3) is 11.7 Å². The Morgan fingerprint density at radius 1 is 1.26 bits per heavy atom. The van der Waals surface area contributed by atoms with Gasteiger partial charge in [0.2, 0.25) is 0 Å². The van der Waals surface area contributed by atoms with Crippen molar-refractivity contribution < 1.29 is 14.7 Å². The third-order valence-electron chi connectivity index (χ3n) is 2.45. The van der Waals surface area contributed by atoms with Crippen LogP contribution < -0.4 is 5.32 Å². The Morgan fingerprint density at radius 3 is 2.58 bits per heavy atom. The first-order valence-corrected chi connectivity index (χ1v) is 5.50. The summed E-state index contributed by atoms with van der Waals surface area (Å²) >= 11 is 0. The number of aromatic amines is 1. The number of hydrogen-bond donors (Lipinski definition) is 3. The Balaban J connectivity index is 1.82. The fraction of sp³-hybridized carbons (Fsp3) is 0.182. The predicted molar refractivity (Wildman–Crippen MR) is 63.6 cm³/mol. The number of tetrazole rings is 1. The van der Waals surface area contributed by atoms with Crippen molar-refractivity contribution in [3.8, 4) is 0 Å². The lowest BCUT2D eigenvalue weighted by Crippen LogP contribution is -2.26. The summed E-state index contributed by atoms with van der Waals surface area (Å²) in [5, 5.41) is 23.9. The summed E-state index contributed by atoms with van der Waals surface area (Å²) in [6, 6.07) is 6.48. The topological polar surface area (TPSA) is 121 Å². The third kappa shape index (κ3) is 3.35. The van der Waals surface area contributed by atoms with Crippen molar-refractivity contribution in [2.45, 2.75) is 6.42 Å². The van der Waals surface area contributed by atoms with E-state index in [9.17, 15) is 9.59 Å². The molecule has 0 radical (unpaired) electrons. The average Bonchev–Trinajstić information content (AvgIpc) is 2.93. The van der Waals surface area contributed by atoms with E-state index in [-0.39, 0.29) is 11.4 Å². The zero-order valence-electron chi connectivity index (χ0n) is 9.83. The van der Waals surface area contributed by atoms with Crippen LogP contribution in [0.2, 0.25) is 0 Å². The third-order valence-corrected chi connectivity index (χ3v) is 2.45. The molecule has 0 saturated heterocycles. The smallest absolute Gasteiger partial charge is 0.335 e. The fourth-order valence-electron chi connectivity index (χ4n) is 1.47. The van der Waals surface area contributed by atoms with Crippen LogP contribution in [0.1, 0.15) is 26.5 Å². The molecule has 19 heavy (non-hydrogen) atoms. The van der Waals surface area contributed by atoms with Crippen LogP contribution in [0.4, 0.5) is 0 Å². The minimum atomic E-state index is -0.961. The summed E-state index contributed by atoms with van der Waals surface area (Å²) in [6.07, 6.45) is 0.587. The second-order valence-corrected chi connectivity index (χ2v) is 3.74. The highest BCUT2D eigenvalue weighted by Crippen LogP contribution is 2.04. The van der Waals surface area contributed by atoms with Crippen molar-refractivity contribution >= 4 is 11.9 Å². The Labute approximate surface area is 107 Å². The molecule has 1 aromatic carbocycles. The van der Waals surface area contributed by atoms with Crippen LogP contribution in [0.3, 0.4) is 0 Å². The number of aromatic carboxylic acids is 1. The predicted octanol–water partition coefficient (Wildman–Crippen LogP) is -0.130. The lowest BCUT2D eigenvalue weighted by molar-refractivity contribution is 0.0696. The van der Waals surface area contributed by atoms with Gasteiger partial charge in [0, 0.05) is 6.54 Å². The molecule has 2 aromatic rings. The van der Waals surface area contributed by atoms with Crippen LogP contribution >= 0.6 is 0 Å². The number of nitrogens with one attached hydrogen (secondary N) is 2. The van der Waals surface area contributed by atoms with E-state index in [4.69, 9.17) is 5.11 Å². The van der Waals surface area contributed by atoms with E-state index < -0.39 is 11.9 Å². The highest BCUT2D eigenvalue weighted by atomic mass is 16.4. The molecule has 1 aromatic heterocycles. The van der Waals surface area contributed by atoms with Gasteiger partial charge in [-0.25, -0.2) is 4.79 Å². The maximum absolute atomic E-state index is 11.5. The van der Waals surface area contributed by atoms with E-state index in [1.165, 1.54) is 12.1 Å². The number of H-pyrrole nitrogens is 1. The van der Waals surface area contributed by atoms with Crippen LogP contribution in [-0.4, -0.2) is 44.2 Å². The first kappa shape index (κ1) is 12.7. The second-order valence-electron chi connectivity index (χ2n) is 3.74. The summed E-state index contributed by atoms with van der Waals surface area (Å²) in [5.41, 5.74) is 1.16. The molecular weight excluding hydrogens is 250 g/mol. The van der Waals surface area contributed by atoms with Crippen molar-refractivity contribution in [1.82, 2.24) is 25.9 Å². The summed E-state index contributed by atoms with van der Waals surface area (Å²) in [7, 11) is 0. The molecule has 0 fully saturated rings. The quantitative estimate of drug-likeness (QED) is 0.689. The Hall–Kier alpha value is -2.77. The largest absolute Gasteiger partial charge is 0.478 e. The molecule has 0 aliphatic carbocycles. The highest BCUT2D eigenvalue weighted by molar-refractivity contribution is 5.90. The number of rotatable bonds is 5. The molecule has 3 N–H and O–H groups in total. The number of carbonyl (C=O) groups is 2. The number of carboxylic acids is 1. The summed E-state index contributed by atoms with van der Waals surface area (Å²) in [4.78, 5) is 22.1. The minimum absolute atomic E-state index is 0.0128. The van der Waals surface area contributed by atoms with Gasteiger partial charge in [0.15, 0.2) is 0 Å². The lowest BCUT2D eigenvalue weighted by atomic mass is 10.1. The van der Waals surface area contributed by atoms with Crippen LogP contribution in [0, 0.1) is 0 Å². The number of carboxylic acid groups (broad SMARTS) is 1. The van der Waals surface area contributed by atoms with Gasteiger partial charge < -0.3 is 10.4 Å². The van der Waals surface area contributed by atoms with Crippen LogP contribution in [0.5, 0.6) is 0 Å². The SMILES string of the molecule is O=C(O)c1ccc(CCNC(=O)c2nn[nH]n2)cc1. The van der Waals surface area contributed by atoms with E-state index in [0.29, 0.717) is 13.0 Å². The Morgan fingerprint density at radius 2 is 2.00 bits per heavy atom. The molecule has 0 aliphatic heterocycles. The maximum atomic E-state index is 11.5. The Bertz CT molecular complexity index is 565. The van der Waals surface area contributed by atoms with Crippen LogP contribution in [-0.2, 0) is 6.42 Å². The zero-order valence-corrected chi connectivity index (χ0v) is 9.83. The standard InChI is InChI=1S/C11H11N5O3/c17-10(9-13-15-16-14-9)12-6-5-7-1-3-8(4-2-7)11(18)19/h1-4H,5-6H2,(H,12,17)(H,18,19)(H,13,14,15,16). The van der Waals surface area contributed by atoms with Gasteiger partial charge in [0.05, 0.1) is 5.56 Å². The number of nitrogens with zero attached hydrogens (tertiary/aromatic N) is 3. The molecule has 1 heterocycles. The summed E-state index contributed by atoms with van der Waals surface area (Å²) in [5.74, 6) is -1.38. The van der Waals surface area contributed by atoms with Crippen molar-refractivity contribution in [2.24, 2.45) is 0 Å². The fourth-order valence-corrected chi connectivity index (χ4v) is 1.47. The molecule has 0 spiro atoms. The van der Waals surface area contributed by atoms with Gasteiger partial charge in [0.1, 0.15) is 0 Å². The number of aromatic nitrogens is 4. The van der Waals surface area contributed by atoms with Gasteiger partial charge in [-0.3, -0.25) is 4.79 Å². The summed E-state index contributed by atoms with van der Waals surface area (Å²) in [6.45, 7) is 0.403. The van der Waals surface area contributed by atoms with Gasteiger partial charge in [-0.2, -0.15) is 5.21 Å². The monoisotopic (exact) mass is 261 g/mol. The number of amides is 1. The van der Waals surface area contributed by atoms with E-state index in [1.807, 2.05) is 0 Å². The molecule has 0 atom stereocenters. The first-order chi connectivity index (χ1) is 9.16. The van der Waals surface area contributed by atoms with Gasteiger partial charge in [-0.15, -0.1) is 10.2 Å². The molecule has 1 amide bonds. The molecule has 8 nitrogen and oxygen atoms in total. The van der Waals surface area contributed by atoms with Gasteiger partial charge in [-0.1, -0.05) is 12.1 Å². The highest BCUT2D eigenvalue weighted by Gasteiger charge is 2.09. The van der Waals surface area contributed by atoms with E-state index >= 15 is 0 Å².